The van der Waals surface area contributed by atoms with E-state index >= 15 is 0 Å². The molecule has 0 aliphatic heterocycles. The van der Waals surface area contributed by atoms with Crippen molar-refractivity contribution in [1.82, 2.24) is 9.78 Å². The third-order valence-corrected chi connectivity index (χ3v) is 2.91. The average Bonchev–Trinajstić information content (AvgIpc) is 2.69. The Balaban J connectivity index is 2.16. The van der Waals surface area contributed by atoms with Crippen LogP contribution in [-0.2, 0) is 13.6 Å². The van der Waals surface area contributed by atoms with Crippen LogP contribution in [0.3, 0.4) is 0 Å². The van der Waals surface area contributed by atoms with Crippen LogP contribution in [0.2, 0.25) is 5.02 Å². The van der Waals surface area contributed by atoms with Crippen molar-refractivity contribution in [2.75, 3.05) is 5.32 Å². The van der Waals surface area contributed by atoms with E-state index in [1.807, 2.05) is 0 Å². The van der Waals surface area contributed by atoms with Crippen molar-refractivity contribution in [2.24, 2.45) is 12.8 Å². The quantitative estimate of drug-likeness (QED) is 0.900. The fourth-order valence-corrected chi connectivity index (χ4v) is 1.88. The van der Waals surface area contributed by atoms with Crippen LogP contribution in [0.5, 0.6) is 0 Å². The number of hydrogen-bond donors (Lipinski definition) is 2. The van der Waals surface area contributed by atoms with Crippen molar-refractivity contribution < 1.29 is 9.18 Å². The van der Waals surface area contributed by atoms with Gasteiger partial charge in [0.25, 0.3) is 5.91 Å². The summed E-state index contributed by atoms with van der Waals surface area (Å²) in [7, 11) is 1.68. The molecular formula is C12H12ClFN4O. The van der Waals surface area contributed by atoms with Gasteiger partial charge in [-0.05, 0) is 17.7 Å². The van der Waals surface area contributed by atoms with Crippen LogP contribution in [0, 0.1) is 5.82 Å². The molecule has 3 N–H and O–H groups in total. The minimum absolute atomic E-state index is 0.292. The zero-order chi connectivity index (χ0) is 14.0. The summed E-state index contributed by atoms with van der Waals surface area (Å²) in [5.74, 6) is -0.597. The van der Waals surface area contributed by atoms with Gasteiger partial charge in [-0.2, -0.15) is 5.10 Å². The number of nitrogens with two attached hydrogens (primary N) is 1. The van der Waals surface area contributed by atoms with Gasteiger partial charge in [0.2, 0.25) is 0 Å². The van der Waals surface area contributed by atoms with E-state index in [0.717, 1.165) is 0 Å². The van der Waals surface area contributed by atoms with Crippen LogP contribution in [0.1, 0.15) is 15.9 Å². The molecule has 0 unspecified atom stereocenters. The summed E-state index contributed by atoms with van der Waals surface area (Å²) in [5.41, 5.74) is 6.23. The molecule has 19 heavy (non-hydrogen) atoms. The smallest absolute Gasteiger partial charge is 0.254 e. The number of rotatable bonds is 4. The Bertz CT molecular complexity index is 626. The molecule has 0 aliphatic carbocycles. The molecule has 1 heterocycles. The van der Waals surface area contributed by atoms with Crippen LogP contribution < -0.4 is 11.1 Å². The maximum atomic E-state index is 12.9. The first-order chi connectivity index (χ1) is 8.97. The highest BCUT2D eigenvalue weighted by Crippen LogP contribution is 2.19. The summed E-state index contributed by atoms with van der Waals surface area (Å²) >= 11 is 5.91. The second-order valence-electron chi connectivity index (χ2n) is 4.02. The first-order valence-corrected chi connectivity index (χ1v) is 5.86. The van der Waals surface area contributed by atoms with Gasteiger partial charge in [0.05, 0.1) is 0 Å². The molecule has 2 aromatic rings. The van der Waals surface area contributed by atoms with Gasteiger partial charge in [-0.3, -0.25) is 9.48 Å². The van der Waals surface area contributed by atoms with Gasteiger partial charge in [-0.15, -0.1) is 0 Å². The van der Waals surface area contributed by atoms with Crippen LogP contribution >= 0.6 is 11.6 Å². The largest absolute Gasteiger partial charge is 0.365 e. The van der Waals surface area contributed by atoms with Gasteiger partial charge in [0.1, 0.15) is 11.4 Å². The Morgan fingerprint density at radius 1 is 1.58 bits per heavy atom. The molecule has 0 spiro atoms. The van der Waals surface area contributed by atoms with Crippen molar-refractivity contribution in [3.63, 3.8) is 0 Å². The van der Waals surface area contributed by atoms with Gasteiger partial charge in [-0.1, -0.05) is 17.7 Å². The lowest BCUT2D eigenvalue weighted by molar-refractivity contribution is 0.100. The van der Waals surface area contributed by atoms with Gasteiger partial charge in [-0.25, -0.2) is 4.39 Å². The van der Waals surface area contributed by atoms with Crippen molar-refractivity contribution >= 4 is 23.3 Å². The topological polar surface area (TPSA) is 72.9 Å². The number of aromatic nitrogens is 2. The Morgan fingerprint density at radius 3 is 2.95 bits per heavy atom. The molecule has 5 nitrogen and oxygen atoms in total. The average molecular weight is 283 g/mol. The van der Waals surface area contributed by atoms with Crippen LogP contribution in [0.4, 0.5) is 10.2 Å². The summed E-state index contributed by atoms with van der Waals surface area (Å²) in [6.45, 7) is 0.316. The van der Waals surface area contributed by atoms with E-state index in [4.69, 9.17) is 17.3 Å². The molecule has 0 atom stereocenters. The summed E-state index contributed by atoms with van der Waals surface area (Å²) in [6.07, 6.45) is 1.52. The zero-order valence-corrected chi connectivity index (χ0v) is 10.9. The van der Waals surface area contributed by atoms with Crippen molar-refractivity contribution in [3.8, 4) is 0 Å². The van der Waals surface area contributed by atoms with E-state index < -0.39 is 11.7 Å². The number of amides is 1. The molecule has 0 aliphatic rings. The normalized spacial score (nSPS) is 10.5. The third-order valence-electron chi connectivity index (χ3n) is 2.56. The Morgan fingerprint density at radius 2 is 2.32 bits per heavy atom. The van der Waals surface area contributed by atoms with Crippen molar-refractivity contribution in [1.29, 1.82) is 0 Å². The predicted molar refractivity (Wildman–Crippen MR) is 70.5 cm³/mol. The van der Waals surface area contributed by atoms with E-state index in [1.54, 1.807) is 13.1 Å². The summed E-state index contributed by atoms with van der Waals surface area (Å²) in [6, 6.07) is 4.11. The number of carbonyl (C=O) groups is 1. The molecule has 2 rings (SSSR count). The molecule has 1 amide bonds. The number of halogens is 2. The standard InChI is InChI=1S/C12H12ClFN4O/c1-18-6-9(11(15)19)12(17-18)16-5-7-2-3-8(14)4-10(7)13/h2-4,6H,5H2,1H3,(H2,15,19)(H,16,17). The molecule has 7 heteroatoms. The fraction of sp³-hybridized carbons (Fsp3) is 0.167. The molecule has 0 fully saturated rings. The lowest BCUT2D eigenvalue weighted by Crippen LogP contribution is -2.13. The maximum Gasteiger partial charge on any atom is 0.254 e. The summed E-state index contributed by atoms with van der Waals surface area (Å²) in [5, 5.41) is 7.34. The number of anilines is 1. The number of hydrogen-bond acceptors (Lipinski definition) is 3. The number of nitrogens with zero attached hydrogens (tertiary/aromatic N) is 2. The zero-order valence-electron chi connectivity index (χ0n) is 10.2. The Hall–Kier alpha value is -2.08. The lowest BCUT2D eigenvalue weighted by atomic mass is 10.2. The third kappa shape index (κ3) is 3.03. The summed E-state index contributed by atoms with van der Waals surface area (Å²) in [4.78, 5) is 11.2. The van der Waals surface area contributed by atoms with Crippen LogP contribution in [0.25, 0.3) is 0 Å². The van der Waals surface area contributed by atoms with E-state index in [1.165, 1.54) is 23.0 Å². The van der Waals surface area contributed by atoms with Gasteiger partial charge >= 0.3 is 0 Å². The van der Waals surface area contributed by atoms with Gasteiger partial charge in [0, 0.05) is 24.8 Å². The highest BCUT2D eigenvalue weighted by Gasteiger charge is 2.12. The van der Waals surface area contributed by atoms with Crippen molar-refractivity contribution in [2.45, 2.75) is 6.54 Å². The Labute approximate surface area is 114 Å². The fourth-order valence-electron chi connectivity index (χ4n) is 1.64. The van der Waals surface area contributed by atoms with Crippen LogP contribution in [-0.4, -0.2) is 15.7 Å². The number of aryl methyl sites for hydroxylation is 1. The molecule has 0 radical (unpaired) electrons. The Kier molecular flexibility index (Phi) is 3.71. The number of carbonyl (C=O) groups excluding carboxylic acids is 1. The van der Waals surface area contributed by atoms with Crippen LogP contribution in [0.15, 0.2) is 24.4 Å². The highest BCUT2D eigenvalue weighted by atomic mass is 35.5. The van der Waals surface area contributed by atoms with E-state index in [0.29, 0.717) is 28.5 Å². The molecule has 0 saturated carbocycles. The second kappa shape index (κ2) is 5.27. The summed E-state index contributed by atoms with van der Waals surface area (Å²) < 4.78 is 14.4. The highest BCUT2D eigenvalue weighted by molar-refractivity contribution is 6.31. The first kappa shape index (κ1) is 13.4. The predicted octanol–water partition coefficient (Wildman–Crippen LogP) is 1.92. The number of nitrogens with one attached hydrogen (secondary N) is 1. The molecule has 1 aromatic carbocycles. The molecule has 100 valence electrons. The minimum atomic E-state index is -0.569. The SMILES string of the molecule is Cn1cc(C(N)=O)c(NCc2ccc(F)cc2Cl)n1. The molecule has 1 aromatic heterocycles. The molecule has 0 bridgehead atoms. The monoisotopic (exact) mass is 282 g/mol. The van der Waals surface area contributed by atoms with Gasteiger partial charge in [0.15, 0.2) is 5.82 Å². The van der Waals surface area contributed by atoms with E-state index in [9.17, 15) is 9.18 Å². The lowest BCUT2D eigenvalue weighted by Gasteiger charge is -2.06. The number of benzene rings is 1. The maximum absolute atomic E-state index is 12.9. The van der Waals surface area contributed by atoms with Gasteiger partial charge < -0.3 is 11.1 Å². The van der Waals surface area contributed by atoms with E-state index in [-0.39, 0.29) is 0 Å². The number of primary amides is 1. The van der Waals surface area contributed by atoms with E-state index in [2.05, 4.69) is 10.4 Å². The molecular weight excluding hydrogens is 271 g/mol. The van der Waals surface area contributed by atoms with Crippen molar-refractivity contribution in [3.05, 3.63) is 46.4 Å². The first-order valence-electron chi connectivity index (χ1n) is 5.48. The minimum Gasteiger partial charge on any atom is -0.365 e. The second-order valence-corrected chi connectivity index (χ2v) is 4.43. The molecule has 0 saturated heterocycles.